The van der Waals surface area contributed by atoms with E-state index in [2.05, 4.69) is 17.0 Å². The highest BCUT2D eigenvalue weighted by molar-refractivity contribution is 8.26. The van der Waals surface area contributed by atoms with Crippen LogP contribution in [-0.2, 0) is 9.59 Å². The van der Waals surface area contributed by atoms with Crippen LogP contribution in [0.3, 0.4) is 0 Å². The molecule has 0 aromatic heterocycles. The van der Waals surface area contributed by atoms with Gasteiger partial charge in [-0.3, -0.25) is 14.5 Å². The van der Waals surface area contributed by atoms with E-state index in [-0.39, 0.29) is 18.2 Å². The van der Waals surface area contributed by atoms with Gasteiger partial charge in [0, 0.05) is 44.8 Å². The monoisotopic (exact) mass is 463 g/mol. The molecule has 2 fully saturated rings. The van der Waals surface area contributed by atoms with E-state index in [1.807, 2.05) is 65.6 Å². The minimum absolute atomic E-state index is 0.0692. The van der Waals surface area contributed by atoms with Crippen molar-refractivity contribution in [2.45, 2.75) is 6.42 Å². The Morgan fingerprint density at radius 1 is 0.969 bits per heavy atom. The summed E-state index contributed by atoms with van der Waals surface area (Å²) in [6.45, 7) is 3.33. The van der Waals surface area contributed by atoms with Gasteiger partial charge in [0.15, 0.2) is 0 Å². The molecule has 2 aliphatic heterocycles. The van der Waals surface area contributed by atoms with Crippen LogP contribution < -0.4 is 4.90 Å². The number of hydrogen-bond donors (Lipinski definition) is 0. The van der Waals surface area contributed by atoms with Crippen molar-refractivity contribution in [2.24, 2.45) is 0 Å². The Bertz CT molecular complexity index is 1030. The summed E-state index contributed by atoms with van der Waals surface area (Å²) in [5, 5.41) is 0. The van der Waals surface area contributed by atoms with Gasteiger partial charge in [-0.25, -0.2) is 0 Å². The van der Waals surface area contributed by atoms with E-state index in [9.17, 15) is 9.59 Å². The highest BCUT2D eigenvalue weighted by atomic mass is 32.2. The average molecular weight is 464 g/mol. The first-order valence-corrected chi connectivity index (χ1v) is 11.9. The molecule has 2 amide bonds. The van der Waals surface area contributed by atoms with Crippen LogP contribution >= 0.6 is 24.0 Å². The minimum Gasteiger partial charge on any atom is -0.368 e. The largest absolute Gasteiger partial charge is 0.368 e. The van der Waals surface area contributed by atoms with Gasteiger partial charge in [-0.1, -0.05) is 84.7 Å². The lowest BCUT2D eigenvalue weighted by molar-refractivity contribution is -0.132. The maximum absolute atomic E-state index is 12.7. The van der Waals surface area contributed by atoms with Crippen molar-refractivity contribution in [3.05, 3.63) is 83.3 Å². The Kier molecular flexibility index (Phi) is 7.39. The molecule has 0 N–H and O–H groups in total. The number of carbonyl (C=O) groups is 2. The van der Waals surface area contributed by atoms with Gasteiger partial charge in [-0.05, 0) is 23.8 Å². The second-order valence-electron chi connectivity index (χ2n) is 7.58. The van der Waals surface area contributed by atoms with Crippen LogP contribution in [0.15, 0.2) is 77.7 Å². The van der Waals surface area contributed by atoms with Crippen molar-refractivity contribution >= 4 is 51.9 Å². The van der Waals surface area contributed by atoms with Gasteiger partial charge >= 0.3 is 0 Å². The molecular formula is C25H25N3O2S2. The van der Waals surface area contributed by atoms with Crippen LogP contribution in [0.1, 0.15) is 12.0 Å². The molecule has 32 heavy (non-hydrogen) atoms. The molecule has 0 saturated carbocycles. The van der Waals surface area contributed by atoms with E-state index in [0.29, 0.717) is 28.9 Å². The lowest BCUT2D eigenvalue weighted by Crippen LogP contribution is -2.49. The molecule has 2 aromatic carbocycles. The predicted molar refractivity (Wildman–Crippen MR) is 135 cm³/mol. The van der Waals surface area contributed by atoms with E-state index in [0.717, 1.165) is 18.7 Å². The fourth-order valence-electron chi connectivity index (χ4n) is 3.74. The first-order valence-electron chi connectivity index (χ1n) is 10.7. The zero-order valence-corrected chi connectivity index (χ0v) is 19.4. The maximum atomic E-state index is 12.7. The van der Waals surface area contributed by atoms with Gasteiger partial charge in [0.05, 0.1) is 4.91 Å². The fraction of sp³-hybridized carbons (Fsp3) is 0.240. The van der Waals surface area contributed by atoms with Crippen molar-refractivity contribution in [1.82, 2.24) is 9.80 Å². The number of hydrogen-bond acceptors (Lipinski definition) is 5. The van der Waals surface area contributed by atoms with Gasteiger partial charge in [-0.2, -0.15) is 0 Å². The normalized spacial score (nSPS) is 18.2. The number of carbonyl (C=O) groups excluding carboxylic acids is 2. The Labute approximate surface area is 198 Å². The van der Waals surface area contributed by atoms with Gasteiger partial charge in [-0.15, -0.1) is 0 Å². The minimum atomic E-state index is -0.126. The SMILES string of the molecule is O=C(CCN1C(=O)/C(=C\C=C\c2ccccc2)SC1=S)N1CCN(c2ccccc2)CC1. The average Bonchev–Trinajstić information content (AvgIpc) is 3.11. The zero-order valence-electron chi connectivity index (χ0n) is 17.7. The summed E-state index contributed by atoms with van der Waals surface area (Å²) in [5.41, 5.74) is 2.25. The van der Waals surface area contributed by atoms with Crippen LogP contribution in [-0.4, -0.2) is 58.7 Å². The van der Waals surface area contributed by atoms with Gasteiger partial charge in [0.2, 0.25) is 5.91 Å². The predicted octanol–water partition coefficient (Wildman–Crippen LogP) is 4.18. The van der Waals surface area contributed by atoms with Crippen LogP contribution in [0, 0.1) is 0 Å². The summed E-state index contributed by atoms with van der Waals surface area (Å²) in [5.74, 6) is -0.0564. The van der Waals surface area contributed by atoms with Crippen molar-refractivity contribution in [3.63, 3.8) is 0 Å². The van der Waals surface area contributed by atoms with E-state index < -0.39 is 0 Å². The molecule has 2 aromatic rings. The number of rotatable bonds is 6. The quantitative estimate of drug-likeness (QED) is 0.475. The number of allylic oxidation sites excluding steroid dienone is 2. The fourth-order valence-corrected chi connectivity index (χ4v) is 5.00. The molecule has 2 aliphatic rings. The van der Waals surface area contributed by atoms with E-state index >= 15 is 0 Å². The Balaban J connectivity index is 1.27. The van der Waals surface area contributed by atoms with Gasteiger partial charge in [0.1, 0.15) is 4.32 Å². The lowest BCUT2D eigenvalue weighted by atomic mass is 10.2. The molecule has 0 bridgehead atoms. The number of amides is 2. The van der Waals surface area contributed by atoms with E-state index in [1.165, 1.54) is 17.4 Å². The summed E-state index contributed by atoms with van der Waals surface area (Å²) >= 11 is 6.68. The molecule has 0 unspecified atom stereocenters. The number of piperazine rings is 1. The second-order valence-corrected chi connectivity index (χ2v) is 9.25. The highest BCUT2D eigenvalue weighted by Crippen LogP contribution is 2.31. The maximum Gasteiger partial charge on any atom is 0.266 e. The standard InChI is InChI=1S/C25H25N3O2S2/c29-23(27-18-16-26(17-19-27)21-11-5-2-6-12-21)14-15-28-24(30)22(32-25(28)31)13-7-10-20-8-3-1-4-9-20/h1-13H,14-19H2/b10-7+,22-13+. The van der Waals surface area contributed by atoms with Gasteiger partial charge < -0.3 is 9.80 Å². The first-order chi connectivity index (χ1) is 15.6. The second kappa shape index (κ2) is 10.6. The van der Waals surface area contributed by atoms with Crippen LogP contribution in [0.4, 0.5) is 5.69 Å². The Morgan fingerprint density at radius 3 is 2.31 bits per heavy atom. The molecule has 2 heterocycles. The van der Waals surface area contributed by atoms with Crippen molar-refractivity contribution < 1.29 is 9.59 Å². The van der Waals surface area contributed by atoms with Crippen LogP contribution in [0.25, 0.3) is 6.08 Å². The van der Waals surface area contributed by atoms with Crippen LogP contribution in [0.2, 0.25) is 0 Å². The summed E-state index contributed by atoms with van der Waals surface area (Å²) in [4.78, 5) is 31.8. The Hall–Kier alpha value is -2.90. The highest BCUT2D eigenvalue weighted by Gasteiger charge is 2.32. The molecule has 0 atom stereocenters. The number of para-hydroxylation sites is 1. The molecule has 5 nitrogen and oxygen atoms in total. The third-order valence-corrected chi connectivity index (χ3v) is 6.91. The third kappa shape index (κ3) is 5.47. The zero-order chi connectivity index (χ0) is 22.3. The smallest absolute Gasteiger partial charge is 0.266 e. The molecule has 0 radical (unpaired) electrons. The topological polar surface area (TPSA) is 43.9 Å². The lowest BCUT2D eigenvalue weighted by Gasteiger charge is -2.36. The van der Waals surface area contributed by atoms with Crippen LogP contribution in [0.5, 0.6) is 0 Å². The van der Waals surface area contributed by atoms with Crippen molar-refractivity contribution in [2.75, 3.05) is 37.6 Å². The summed E-state index contributed by atoms with van der Waals surface area (Å²) in [6.07, 6.45) is 5.88. The van der Waals surface area contributed by atoms with E-state index in [1.54, 1.807) is 11.0 Å². The number of thioether (sulfide) groups is 1. The number of anilines is 1. The molecular weight excluding hydrogens is 438 g/mol. The van der Waals surface area contributed by atoms with Crippen molar-refractivity contribution in [1.29, 1.82) is 0 Å². The molecule has 164 valence electrons. The molecule has 0 spiro atoms. The molecule has 2 saturated heterocycles. The Morgan fingerprint density at radius 2 is 1.62 bits per heavy atom. The summed E-state index contributed by atoms with van der Waals surface area (Å²) in [6, 6.07) is 20.2. The molecule has 4 rings (SSSR count). The summed E-state index contributed by atoms with van der Waals surface area (Å²) in [7, 11) is 0. The first kappa shape index (κ1) is 22.3. The third-order valence-electron chi connectivity index (χ3n) is 5.51. The molecule has 7 heteroatoms. The number of thiocarbonyl (C=S) groups is 1. The molecule has 0 aliphatic carbocycles. The van der Waals surface area contributed by atoms with Gasteiger partial charge in [0.25, 0.3) is 5.91 Å². The number of nitrogens with zero attached hydrogens (tertiary/aromatic N) is 3. The van der Waals surface area contributed by atoms with Crippen molar-refractivity contribution in [3.8, 4) is 0 Å². The summed E-state index contributed by atoms with van der Waals surface area (Å²) < 4.78 is 0.510. The number of benzene rings is 2. The van der Waals surface area contributed by atoms with E-state index in [4.69, 9.17) is 12.2 Å².